The van der Waals surface area contributed by atoms with Gasteiger partial charge < -0.3 is 14.9 Å². The van der Waals surface area contributed by atoms with Crippen LogP contribution in [0.2, 0.25) is 0 Å². The minimum absolute atomic E-state index is 0.178. The number of rotatable bonds is 4. The molecule has 2 saturated heterocycles. The topological polar surface area (TPSA) is 98.8 Å². The fraction of sp³-hybridized carbons (Fsp3) is 0.464. The molecule has 10 nitrogen and oxygen atoms in total. The van der Waals surface area contributed by atoms with Crippen molar-refractivity contribution in [1.82, 2.24) is 39.3 Å². The minimum atomic E-state index is 0.178. The maximum absolute atomic E-state index is 9.56. The van der Waals surface area contributed by atoms with Gasteiger partial charge in [0.15, 0.2) is 5.75 Å². The first-order valence-corrected chi connectivity index (χ1v) is 13.3. The largest absolute Gasteiger partial charge is 0.504 e. The second-order valence-corrected chi connectivity index (χ2v) is 10.2. The third-order valence-electron chi connectivity index (χ3n) is 7.29. The van der Waals surface area contributed by atoms with Crippen LogP contribution in [0.5, 0.6) is 5.75 Å². The van der Waals surface area contributed by atoms with Gasteiger partial charge in [-0.15, -0.1) is 5.10 Å². The average Bonchev–Trinajstić information content (AvgIpc) is 3.60. The summed E-state index contributed by atoms with van der Waals surface area (Å²) >= 11 is 0. The van der Waals surface area contributed by atoms with E-state index in [0.717, 1.165) is 62.9 Å². The van der Waals surface area contributed by atoms with Crippen LogP contribution in [0.15, 0.2) is 36.7 Å². The zero-order chi connectivity index (χ0) is 26.6. The Labute approximate surface area is 224 Å². The van der Waals surface area contributed by atoms with Crippen LogP contribution in [0.3, 0.4) is 0 Å². The van der Waals surface area contributed by atoms with E-state index in [1.807, 2.05) is 12.4 Å². The van der Waals surface area contributed by atoms with Gasteiger partial charge in [0.25, 0.3) is 5.78 Å². The lowest BCUT2D eigenvalue weighted by Gasteiger charge is -2.32. The van der Waals surface area contributed by atoms with Gasteiger partial charge in [-0.1, -0.05) is 24.3 Å². The molecule has 2 aliphatic heterocycles. The van der Waals surface area contributed by atoms with Gasteiger partial charge in [-0.05, 0) is 46.2 Å². The minimum Gasteiger partial charge on any atom is -0.504 e. The van der Waals surface area contributed by atoms with Crippen LogP contribution in [-0.2, 0) is 6.54 Å². The van der Waals surface area contributed by atoms with E-state index in [1.54, 1.807) is 20.8 Å². The number of benzene rings is 1. The van der Waals surface area contributed by atoms with Crippen LogP contribution in [0.4, 0.5) is 5.82 Å². The quantitative estimate of drug-likeness (QED) is 0.439. The van der Waals surface area contributed by atoms with Crippen molar-refractivity contribution in [2.75, 3.05) is 51.2 Å². The number of likely N-dealkylation sites (N-methyl/N-ethyl adjacent to an activating group) is 1. The Morgan fingerprint density at radius 1 is 0.842 bits per heavy atom. The number of hydrogen-bond donors (Lipinski definition) is 1. The van der Waals surface area contributed by atoms with Gasteiger partial charge >= 0.3 is 0 Å². The highest BCUT2D eigenvalue weighted by molar-refractivity contribution is 5.59. The summed E-state index contributed by atoms with van der Waals surface area (Å²) in [6, 6.07) is 8.79. The molecule has 4 aromatic rings. The number of nitrogens with zero attached hydrogens (tertiary/aromatic N) is 9. The van der Waals surface area contributed by atoms with Crippen molar-refractivity contribution in [2.45, 2.75) is 40.2 Å². The highest BCUT2D eigenvalue weighted by Crippen LogP contribution is 2.22. The SMILES string of the molecule is CN1CCN(Cc2ccc(-c3cnc(N4CCCC4)cn3)cc2)CC1.Cc1nc2nc(C)c(O)c(C)n2n1. The number of fused-ring (bicyclic) bond motifs is 1. The second-order valence-electron chi connectivity index (χ2n) is 10.2. The zero-order valence-corrected chi connectivity index (χ0v) is 22.8. The van der Waals surface area contributed by atoms with Crippen molar-refractivity contribution in [3.05, 3.63) is 59.4 Å². The molecule has 38 heavy (non-hydrogen) atoms. The fourth-order valence-corrected chi connectivity index (χ4v) is 4.89. The van der Waals surface area contributed by atoms with Crippen molar-refractivity contribution >= 4 is 11.6 Å². The third kappa shape index (κ3) is 5.92. The van der Waals surface area contributed by atoms with E-state index >= 15 is 0 Å². The molecule has 0 bridgehead atoms. The van der Waals surface area contributed by atoms with E-state index in [0.29, 0.717) is 23.0 Å². The summed E-state index contributed by atoms with van der Waals surface area (Å²) in [4.78, 5) is 24.7. The Bertz CT molecular complexity index is 1350. The molecule has 0 atom stereocenters. The first-order chi connectivity index (χ1) is 18.4. The number of aryl methyl sites for hydroxylation is 3. The van der Waals surface area contributed by atoms with Gasteiger partial charge in [0.05, 0.1) is 29.5 Å². The molecule has 0 spiro atoms. The molecule has 0 saturated carbocycles. The lowest BCUT2D eigenvalue weighted by molar-refractivity contribution is 0.148. The smallest absolute Gasteiger partial charge is 0.253 e. The highest BCUT2D eigenvalue weighted by atomic mass is 16.3. The standard InChI is InChI=1S/C20H27N5.C8H10N4O/c1-23-10-12-24(13-11-23)16-17-4-6-18(7-5-17)19-14-22-20(15-21-19)25-8-2-3-9-25;1-4-7(13)5(2)12-8(9-4)10-6(3)11-12/h4-7,14-15H,2-3,8-13,16H2,1H3;13H,1-3H3. The second kappa shape index (κ2) is 11.4. The van der Waals surface area contributed by atoms with E-state index in [1.165, 1.54) is 22.9 Å². The molecule has 5 heterocycles. The lowest BCUT2D eigenvalue weighted by Crippen LogP contribution is -2.43. The van der Waals surface area contributed by atoms with Gasteiger partial charge in [-0.25, -0.2) is 9.97 Å². The number of hydrogen-bond acceptors (Lipinski definition) is 9. The van der Waals surface area contributed by atoms with Crippen LogP contribution in [0.1, 0.15) is 35.6 Å². The molecule has 0 radical (unpaired) electrons. The Balaban J connectivity index is 0.000000190. The molecule has 10 heteroatoms. The summed E-state index contributed by atoms with van der Waals surface area (Å²) in [6.45, 7) is 13.2. The van der Waals surface area contributed by atoms with Crippen molar-refractivity contribution in [1.29, 1.82) is 0 Å². The first kappa shape index (κ1) is 26.0. The molecular weight excluding hydrogens is 478 g/mol. The molecule has 2 fully saturated rings. The lowest BCUT2D eigenvalue weighted by atomic mass is 10.1. The molecule has 2 aliphatic rings. The monoisotopic (exact) mass is 515 g/mol. The zero-order valence-electron chi connectivity index (χ0n) is 22.8. The van der Waals surface area contributed by atoms with E-state index < -0.39 is 0 Å². The molecule has 0 amide bonds. The van der Waals surface area contributed by atoms with E-state index in [-0.39, 0.29) is 5.75 Å². The Morgan fingerprint density at radius 3 is 2.21 bits per heavy atom. The van der Waals surface area contributed by atoms with Gasteiger partial charge in [-0.2, -0.15) is 9.50 Å². The van der Waals surface area contributed by atoms with E-state index in [2.05, 4.69) is 71.0 Å². The Kier molecular flexibility index (Phi) is 7.80. The highest BCUT2D eigenvalue weighted by Gasteiger charge is 2.15. The maximum atomic E-state index is 9.56. The number of piperazine rings is 1. The maximum Gasteiger partial charge on any atom is 0.253 e. The molecule has 0 unspecified atom stereocenters. The molecule has 1 N–H and O–H groups in total. The van der Waals surface area contributed by atoms with E-state index in [4.69, 9.17) is 0 Å². The summed E-state index contributed by atoms with van der Waals surface area (Å²) in [7, 11) is 2.20. The van der Waals surface area contributed by atoms with Gasteiger partial charge in [0, 0.05) is 51.4 Å². The summed E-state index contributed by atoms with van der Waals surface area (Å²) in [5.74, 6) is 2.37. The molecule has 6 rings (SSSR count). The molecule has 3 aromatic heterocycles. The summed E-state index contributed by atoms with van der Waals surface area (Å²) in [5, 5.41) is 13.7. The third-order valence-corrected chi connectivity index (χ3v) is 7.29. The van der Waals surface area contributed by atoms with Gasteiger partial charge in [0.2, 0.25) is 0 Å². The summed E-state index contributed by atoms with van der Waals surface area (Å²) in [6.07, 6.45) is 6.35. The molecule has 1 aromatic carbocycles. The molecular formula is C28H37N9O. The van der Waals surface area contributed by atoms with Crippen molar-refractivity contribution in [3.8, 4) is 17.0 Å². The van der Waals surface area contributed by atoms with Crippen LogP contribution in [0.25, 0.3) is 17.0 Å². The molecule has 200 valence electrons. The number of aromatic nitrogens is 6. The first-order valence-electron chi connectivity index (χ1n) is 13.3. The van der Waals surface area contributed by atoms with Crippen LogP contribution >= 0.6 is 0 Å². The van der Waals surface area contributed by atoms with Crippen LogP contribution in [0, 0.1) is 20.8 Å². The average molecular weight is 516 g/mol. The van der Waals surface area contributed by atoms with Crippen molar-refractivity contribution < 1.29 is 5.11 Å². The van der Waals surface area contributed by atoms with Crippen molar-refractivity contribution in [3.63, 3.8) is 0 Å². The van der Waals surface area contributed by atoms with Crippen molar-refractivity contribution in [2.24, 2.45) is 0 Å². The van der Waals surface area contributed by atoms with Crippen LogP contribution in [-0.4, -0.2) is 90.8 Å². The number of aromatic hydroxyl groups is 1. The molecule has 0 aliphatic carbocycles. The Morgan fingerprint density at radius 2 is 1.55 bits per heavy atom. The normalized spacial score (nSPS) is 16.6. The predicted molar refractivity (Wildman–Crippen MR) is 148 cm³/mol. The fourth-order valence-electron chi connectivity index (χ4n) is 4.89. The van der Waals surface area contributed by atoms with E-state index in [9.17, 15) is 5.11 Å². The van der Waals surface area contributed by atoms with Crippen LogP contribution < -0.4 is 4.90 Å². The summed E-state index contributed by atoms with van der Waals surface area (Å²) < 4.78 is 1.54. The number of anilines is 1. The summed E-state index contributed by atoms with van der Waals surface area (Å²) in [5.41, 5.74) is 4.71. The predicted octanol–water partition coefficient (Wildman–Crippen LogP) is 3.25. The van der Waals surface area contributed by atoms with Gasteiger partial charge in [-0.3, -0.25) is 9.88 Å². The van der Waals surface area contributed by atoms with Gasteiger partial charge in [0.1, 0.15) is 11.6 Å². The Hall–Kier alpha value is -3.63.